The monoisotopic (exact) mass is 208 g/mol. The molecule has 1 aromatic rings. The average Bonchev–Trinajstić information content (AvgIpc) is 2.61. The first-order chi connectivity index (χ1) is 7.09. The van der Waals surface area contributed by atoms with E-state index in [1.165, 1.54) is 31.4 Å². The summed E-state index contributed by atoms with van der Waals surface area (Å²) in [5.74, 6) is 0. The molecule has 1 atom stereocenters. The molecule has 2 nitrogen and oxygen atoms in total. The maximum atomic E-state index is 4.47. The highest BCUT2D eigenvalue weighted by molar-refractivity contribution is 5.02. The van der Waals surface area contributed by atoms with E-state index in [4.69, 9.17) is 0 Å². The highest BCUT2D eigenvalue weighted by atomic mass is 15.2. The summed E-state index contributed by atoms with van der Waals surface area (Å²) in [7, 11) is 1.98. The summed E-state index contributed by atoms with van der Waals surface area (Å²) in [6, 6.07) is 2.14. The molecule has 0 N–H and O–H groups in total. The number of unbranched alkanes of at least 4 members (excludes halogenated alkanes) is 1. The first kappa shape index (κ1) is 12.3. The molecule has 0 aromatic carbocycles. The van der Waals surface area contributed by atoms with Crippen LogP contribution in [-0.4, -0.2) is 9.78 Å². The van der Waals surface area contributed by atoms with Crippen molar-refractivity contribution in [2.45, 2.75) is 52.9 Å². The number of aromatic nitrogens is 2. The SMILES string of the molecule is CCCCC(C)(CC)Cc1ccn(C)n1. The summed E-state index contributed by atoms with van der Waals surface area (Å²) in [5.41, 5.74) is 1.67. The molecule has 1 aromatic heterocycles. The first-order valence-corrected chi connectivity index (χ1v) is 6.08. The maximum absolute atomic E-state index is 4.47. The van der Waals surface area contributed by atoms with E-state index in [-0.39, 0.29) is 0 Å². The topological polar surface area (TPSA) is 17.8 Å². The summed E-state index contributed by atoms with van der Waals surface area (Å²) in [5, 5.41) is 4.47. The molecule has 0 amide bonds. The van der Waals surface area contributed by atoms with Crippen LogP contribution in [0.4, 0.5) is 0 Å². The van der Waals surface area contributed by atoms with Crippen LogP contribution in [0.25, 0.3) is 0 Å². The Kier molecular flexibility index (Phi) is 4.37. The molecule has 0 saturated heterocycles. The molecular formula is C13H24N2. The first-order valence-electron chi connectivity index (χ1n) is 6.08. The molecule has 0 saturated carbocycles. The number of hydrogen-bond acceptors (Lipinski definition) is 1. The molecule has 0 fully saturated rings. The second kappa shape index (κ2) is 5.34. The van der Waals surface area contributed by atoms with Gasteiger partial charge in [0.1, 0.15) is 0 Å². The van der Waals surface area contributed by atoms with Crippen molar-refractivity contribution >= 4 is 0 Å². The van der Waals surface area contributed by atoms with Gasteiger partial charge in [-0.25, -0.2) is 0 Å². The van der Waals surface area contributed by atoms with Crippen LogP contribution in [0.3, 0.4) is 0 Å². The molecule has 0 aliphatic carbocycles. The standard InChI is InChI=1S/C13H24N2/c1-5-7-9-13(3,6-2)11-12-8-10-15(4)14-12/h8,10H,5-7,9,11H2,1-4H3. The Hall–Kier alpha value is -0.790. The van der Waals surface area contributed by atoms with Crippen LogP contribution < -0.4 is 0 Å². The Morgan fingerprint density at radius 3 is 2.60 bits per heavy atom. The minimum atomic E-state index is 0.435. The second-order valence-electron chi connectivity index (χ2n) is 4.93. The fraction of sp³-hybridized carbons (Fsp3) is 0.769. The van der Waals surface area contributed by atoms with Gasteiger partial charge in [0.2, 0.25) is 0 Å². The normalized spacial score (nSPS) is 15.2. The molecule has 15 heavy (non-hydrogen) atoms. The number of rotatable bonds is 6. The van der Waals surface area contributed by atoms with Gasteiger partial charge in [-0.15, -0.1) is 0 Å². The molecule has 1 unspecified atom stereocenters. The Balaban J connectivity index is 2.59. The Bertz CT molecular complexity index is 290. The highest BCUT2D eigenvalue weighted by Gasteiger charge is 2.22. The van der Waals surface area contributed by atoms with Crippen molar-refractivity contribution in [2.24, 2.45) is 12.5 Å². The van der Waals surface area contributed by atoms with Gasteiger partial charge in [-0.3, -0.25) is 4.68 Å². The van der Waals surface area contributed by atoms with Gasteiger partial charge < -0.3 is 0 Å². The van der Waals surface area contributed by atoms with Crippen LogP contribution in [-0.2, 0) is 13.5 Å². The van der Waals surface area contributed by atoms with Gasteiger partial charge in [0.15, 0.2) is 0 Å². The number of nitrogens with zero attached hydrogens (tertiary/aromatic N) is 2. The third kappa shape index (κ3) is 3.69. The van der Waals surface area contributed by atoms with E-state index in [0.717, 1.165) is 6.42 Å². The predicted molar refractivity (Wildman–Crippen MR) is 64.8 cm³/mol. The van der Waals surface area contributed by atoms with Gasteiger partial charge in [-0.2, -0.15) is 5.10 Å². The van der Waals surface area contributed by atoms with E-state index in [9.17, 15) is 0 Å². The van der Waals surface area contributed by atoms with Crippen molar-refractivity contribution in [1.82, 2.24) is 9.78 Å². The lowest BCUT2D eigenvalue weighted by Gasteiger charge is -2.27. The largest absolute Gasteiger partial charge is 0.276 e. The van der Waals surface area contributed by atoms with Gasteiger partial charge in [-0.1, -0.05) is 40.0 Å². The molecule has 0 radical (unpaired) electrons. The van der Waals surface area contributed by atoms with Crippen LogP contribution in [0.2, 0.25) is 0 Å². The van der Waals surface area contributed by atoms with Gasteiger partial charge in [0, 0.05) is 13.2 Å². The van der Waals surface area contributed by atoms with E-state index in [2.05, 4.69) is 31.9 Å². The number of aryl methyl sites for hydroxylation is 1. The van der Waals surface area contributed by atoms with Crippen LogP contribution in [0.5, 0.6) is 0 Å². The summed E-state index contributed by atoms with van der Waals surface area (Å²) in [6.07, 6.45) is 8.32. The molecule has 2 heteroatoms. The molecule has 0 aliphatic rings. The van der Waals surface area contributed by atoms with Crippen molar-refractivity contribution in [1.29, 1.82) is 0 Å². The van der Waals surface area contributed by atoms with Crippen molar-refractivity contribution in [2.75, 3.05) is 0 Å². The predicted octanol–water partition coefficient (Wildman–Crippen LogP) is 3.57. The molecule has 1 heterocycles. The fourth-order valence-corrected chi connectivity index (χ4v) is 1.99. The van der Waals surface area contributed by atoms with Gasteiger partial charge in [0.05, 0.1) is 5.69 Å². The van der Waals surface area contributed by atoms with Gasteiger partial charge >= 0.3 is 0 Å². The van der Waals surface area contributed by atoms with Gasteiger partial charge in [0.25, 0.3) is 0 Å². The molecule has 0 bridgehead atoms. The van der Waals surface area contributed by atoms with Crippen LogP contribution in [0.1, 0.15) is 52.1 Å². The van der Waals surface area contributed by atoms with E-state index in [0.29, 0.717) is 5.41 Å². The Morgan fingerprint density at radius 2 is 2.13 bits per heavy atom. The van der Waals surface area contributed by atoms with Crippen molar-refractivity contribution < 1.29 is 0 Å². The van der Waals surface area contributed by atoms with Crippen molar-refractivity contribution in [3.05, 3.63) is 18.0 Å². The molecule has 1 rings (SSSR count). The zero-order valence-electron chi connectivity index (χ0n) is 10.6. The lowest BCUT2D eigenvalue weighted by atomic mass is 9.78. The second-order valence-corrected chi connectivity index (χ2v) is 4.93. The number of hydrogen-bond donors (Lipinski definition) is 0. The summed E-state index contributed by atoms with van der Waals surface area (Å²) in [4.78, 5) is 0. The van der Waals surface area contributed by atoms with E-state index in [1.54, 1.807) is 0 Å². The van der Waals surface area contributed by atoms with Crippen molar-refractivity contribution in [3.8, 4) is 0 Å². The average molecular weight is 208 g/mol. The smallest absolute Gasteiger partial charge is 0.0629 e. The Labute approximate surface area is 93.7 Å². The van der Waals surface area contributed by atoms with Crippen molar-refractivity contribution in [3.63, 3.8) is 0 Å². The minimum absolute atomic E-state index is 0.435. The summed E-state index contributed by atoms with van der Waals surface area (Å²) in [6.45, 7) is 6.94. The lowest BCUT2D eigenvalue weighted by molar-refractivity contribution is 0.270. The molecule has 86 valence electrons. The van der Waals surface area contributed by atoms with E-state index in [1.807, 2.05) is 17.9 Å². The molecule has 0 spiro atoms. The Morgan fingerprint density at radius 1 is 1.40 bits per heavy atom. The lowest BCUT2D eigenvalue weighted by Crippen LogP contribution is -2.19. The highest BCUT2D eigenvalue weighted by Crippen LogP contribution is 2.31. The zero-order chi connectivity index (χ0) is 11.3. The minimum Gasteiger partial charge on any atom is -0.276 e. The van der Waals surface area contributed by atoms with Crippen LogP contribution in [0.15, 0.2) is 12.3 Å². The quantitative estimate of drug-likeness (QED) is 0.699. The molecule has 0 aliphatic heterocycles. The van der Waals surface area contributed by atoms with E-state index >= 15 is 0 Å². The third-order valence-electron chi connectivity index (χ3n) is 3.36. The van der Waals surface area contributed by atoms with E-state index < -0.39 is 0 Å². The summed E-state index contributed by atoms with van der Waals surface area (Å²) >= 11 is 0. The fourth-order valence-electron chi connectivity index (χ4n) is 1.99. The third-order valence-corrected chi connectivity index (χ3v) is 3.36. The summed E-state index contributed by atoms with van der Waals surface area (Å²) < 4.78 is 1.89. The zero-order valence-corrected chi connectivity index (χ0v) is 10.6. The van der Waals surface area contributed by atoms with Gasteiger partial charge in [-0.05, 0) is 24.3 Å². The van der Waals surface area contributed by atoms with Crippen LogP contribution >= 0.6 is 0 Å². The molecular weight excluding hydrogens is 184 g/mol. The van der Waals surface area contributed by atoms with Crippen LogP contribution in [0, 0.1) is 5.41 Å². The maximum Gasteiger partial charge on any atom is 0.0629 e.